The van der Waals surface area contributed by atoms with E-state index < -0.39 is 5.97 Å². The zero-order valence-electron chi connectivity index (χ0n) is 13.9. The van der Waals surface area contributed by atoms with E-state index in [2.05, 4.69) is 0 Å². The first kappa shape index (κ1) is 17.8. The van der Waals surface area contributed by atoms with Crippen molar-refractivity contribution >= 4 is 28.5 Å². The molecule has 0 aliphatic carbocycles. The first-order valence-electron chi connectivity index (χ1n) is 7.85. The van der Waals surface area contributed by atoms with E-state index in [1.807, 2.05) is 0 Å². The van der Waals surface area contributed by atoms with Crippen LogP contribution in [0.4, 0.5) is 0 Å². The molecule has 26 heavy (non-hydrogen) atoms. The summed E-state index contributed by atoms with van der Waals surface area (Å²) in [5.41, 5.74) is -0.0361. The zero-order valence-corrected chi connectivity index (χ0v) is 14.6. The third-order valence-electron chi connectivity index (χ3n) is 3.43. The van der Waals surface area contributed by atoms with Crippen molar-refractivity contribution in [3.63, 3.8) is 0 Å². The number of hydrogen-bond acceptors (Lipinski definition) is 6. The van der Waals surface area contributed by atoms with Gasteiger partial charge in [0.05, 0.1) is 17.0 Å². The monoisotopic (exact) mass is 374 g/mol. The van der Waals surface area contributed by atoms with Crippen molar-refractivity contribution in [2.45, 2.75) is 6.92 Å². The summed E-state index contributed by atoms with van der Waals surface area (Å²) in [7, 11) is 0. The van der Waals surface area contributed by atoms with Crippen molar-refractivity contribution in [3.05, 3.63) is 64.0 Å². The van der Waals surface area contributed by atoms with Gasteiger partial charge in [-0.05, 0) is 31.2 Å². The van der Waals surface area contributed by atoms with Gasteiger partial charge in [0.25, 0.3) is 0 Å². The van der Waals surface area contributed by atoms with Crippen LogP contribution in [0.5, 0.6) is 17.2 Å². The molecule has 0 atom stereocenters. The summed E-state index contributed by atoms with van der Waals surface area (Å²) in [6.07, 6.45) is 1.21. The number of carbonyl (C=O) groups excluding carboxylic acids is 1. The molecule has 134 valence electrons. The van der Waals surface area contributed by atoms with Gasteiger partial charge >= 0.3 is 5.97 Å². The number of ether oxygens (including phenoxy) is 3. The fourth-order valence-electron chi connectivity index (χ4n) is 2.24. The minimum absolute atomic E-state index is 0.0193. The molecule has 0 spiro atoms. The molecule has 0 radical (unpaired) electrons. The SMILES string of the molecule is CCOC(=O)COc1ccc2c(=O)c(Oc3ccccc3Cl)coc2c1. The maximum atomic E-state index is 12.6. The molecule has 0 bridgehead atoms. The maximum absolute atomic E-state index is 12.6. The van der Waals surface area contributed by atoms with Gasteiger partial charge in [-0.2, -0.15) is 0 Å². The van der Waals surface area contributed by atoms with E-state index in [1.165, 1.54) is 12.3 Å². The maximum Gasteiger partial charge on any atom is 0.344 e. The summed E-state index contributed by atoms with van der Waals surface area (Å²) in [5.74, 6) is 0.284. The molecule has 2 aromatic carbocycles. The van der Waals surface area contributed by atoms with Crippen LogP contribution in [-0.2, 0) is 9.53 Å². The number of hydrogen-bond donors (Lipinski definition) is 0. The van der Waals surface area contributed by atoms with Crippen LogP contribution in [-0.4, -0.2) is 19.2 Å². The van der Waals surface area contributed by atoms with Crippen LogP contribution in [0.25, 0.3) is 11.0 Å². The number of fused-ring (bicyclic) bond motifs is 1. The van der Waals surface area contributed by atoms with Crippen LogP contribution >= 0.6 is 11.6 Å². The first-order chi connectivity index (χ1) is 12.6. The molecule has 0 saturated carbocycles. The van der Waals surface area contributed by atoms with Gasteiger partial charge < -0.3 is 18.6 Å². The van der Waals surface area contributed by atoms with Crippen LogP contribution in [0.1, 0.15) is 6.92 Å². The van der Waals surface area contributed by atoms with E-state index in [0.717, 1.165) is 0 Å². The summed E-state index contributed by atoms with van der Waals surface area (Å²) < 4.78 is 21.1. The molecule has 1 aromatic heterocycles. The molecular weight excluding hydrogens is 360 g/mol. The summed E-state index contributed by atoms with van der Waals surface area (Å²) in [6.45, 7) is 1.77. The Morgan fingerprint density at radius 2 is 1.96 bits per heavy atom. The van der Waals surface area contributed by atoms with Crippen LogP contribution in [0.15, 0.2) is 57.9 Å². The molecule has 0 fully saturated rings. The van der Waals surface area contributed by atoms with Gasteiger partial charge in [-0.1, -0.05) is 23.7 Å². The number of carbonyl (C=O) groups is 1. The Kier molecular flexibility index (Phi) is 5.43. The van der Waals surface area contributed by atoms with Crippen molar-refractivity contribution in [1.29, 1.82) is 0 Å². The molecular formula is C19H15ClO6. The lowest BCUT2D eigenvalue weighted by molar-refractivity contribution is -0.145. The average Bonchev–Trinajstić information content (AvgIpc) is 2.64. The van der Waals surface area contributed by atoms with E-state index in [4.69, 9.17) is 30.2 Å². The van der Waals surface area contributed by atoms with E-state index in [9.17, 15) is 9.59 Å². The largest absolute Gasteiger partial charge is 0.482 e. The molecule has 6 nitrogen and oxygen atoms in total. The lowest BCUT2D eigenvalue weighted by atomic mass is 10.2. The lowest BCUT2D eigenvalue weighted by Crippen LogP contribution is -2.14. The number of para-hydroxylation sites is 1. The molecule has 0 aliphatic rings. The second-order valence-electron chi connectivity index (χ2n) is 5.21. The van der Waals surface area contributed by atoms with Crippen molar-refractivity contribution in [1.82, 2.24) is 0 Å². The standard InChI is InChI=1S/C19H15ClO6/c1-2-23-18(21)11-24-12-7-8-13-16(9-12)25-10-17(19(13)22)26-15-6-4-3-5-14(15)20/h3-10H,2,11H2,1H3. The van der Waals surface area contributed by atoms with Crippen molar-refractivity contribution < 1.29 is 23.4 Å². The summed E-state index contributed by atoms with van der Waals surface area (Å²) in [6, 6.07) is 11.5. The molecule has 0 saturated heterocycles. The van der Waals surface area contributed by atoms with Gasteiger partial charge in [-0.15, -0.1) is 0 Å². The van der Waals surface area contributed by atoms with Gasteiger partial charge in [-0.3, -0.25) is 4.79 Å². The predicted molar refractivity (Wildman–Crippen MR) is 96.1 cm³/mol. The van der Waals surface area contributed by atoms with Crippen molar-refractivity contribution in [3.8, 4) is 17.2 Å². The molecule has 7 heteroatoms. The number of halogens is 1. The molecule has 0 N–H and O–H groups in total. The van der Waals surface area contributed by atoms with Gasteiger partial charge in [0, 0.05) is 6.07 Å². The Labute approximate surface area is 153 Å². The minimum Gasteiger partial charge on any atom is -0.482 e. The second kappa shape index (κ2) is 7.93. The fraction of sp³-hybridized carbons (Fsp3) is 0.158. The van der Waals surface area contributed by atoms with Gasteiger partial charge in [0.2, 0.25) is 11.2 Å². The number of esters is 1. The minimum atomic E-state index is -0.475. The fourth-order valence-corrected chi connectivity index (χ4v) is 2.42. The lowest BCUT2D eigenvalue weighted by Gasteiger charge is -2.08. The number of rotatable bonds is 6. The highest BCUT2D eigenvalue weighted by Gasteiger charge is 2.12. The highest BCUT2D eigenvalue weighted by Crippen LogP contribution is 2.28. The zero-order chi connectivity index (χ0) is 18.5. The molecule has 0 amide bonds. The molecule has 3 aromatic rings. The smallest absolute Gasteiger partial charge is 0.344 e. The van der Waals surface area contributed by atoms with Crippen LogP contribution in [0.2, 0.25) is 5.02 Å². The van der Waals surface area contributed by atoms with Crippen LogP contribution < -0.4 is 14.9 Å². The topological polar surface area (TPSA) is 75.0 Å². The molecule has 0 unspecified atom stereocenters. The quantitative estimate of drug-likeness (QED) is 0.602. The van der Waals surface area contributed by atoms with E-state index in [1.54, 1.807) is 43.3 Å². The molecule has 0 aliphatic heterocycles. The Bertz CT molecular complexity index is 995. The van der Waals surface area contributed by atoms with Crippen molar-refractivity contribution in [2.75, 3.05) is 13.2 Å². The third kappa shape index (κ3) is 3.97. The Hall–Kier alpha value is -2.99. The molecule has 1 heterocycles. The van der Waals surface area contributed by atoms with Crippen molar-refractivity contribution in [2.24, 2.45) is 0 Å². The van der Waals surface area contributed by atoms with Gasteiger partial charge in [-0.25, -0.2) is 4.79 Å². The summed E-state index contributed by atoms with van der Waals surface area (Å²) in [4.78, 5) is 23.9. The first-order valence-corrected chi connectivity index (χ1v) is 8.22. The van der Waals surface area contributed by atoms with E-state index in [-0.39, 0.29) is 24.4 Å². The van der Waals surface area contributed by atoms with E-state index in [0.29, 0.717) is 27.5 Å². The predicted octanol–water partition coefficient (Wildman–Crippen LogP) is 4.18. The Morgan fingerprint density at radius 3 is 2.73 bits per heavy atom. The molecule has 3 rings (SSSR count). The summed E-state index contributed by atoms with van der Waals surface area (Å²) >= 11 is 6.04. The normalized spacial score (nSPS) is 10.5. The second-order valence-corrected chi connectivity index (χ2v) is 5.62. The Balaban J connectivity index is 1.84. The van der Waals surface area contributed by atoms with Crippen LogP contribution in [0, 0.1) is 0 Å². The Morgan fingerprint density at radius 1 is 1.15 bits per heavy atom. The van der Waals surface area contributed by atoms with Crippen LogP contribution in [0.3, 0.4) is 0 Å². The van der Waals surface area contributed by atoms with Gasteiger partial charge in [0.1, 0.15) is 23.3 Å². The average molecular weight is 375 g/mol. The van der Waals surface area contributed by atoms with Gasteiger partial charge in [0.15, 0.2) is 6.61 Å². The summed E-state index contributed by atoms with van der Waals surface area (Å²) in [5, 5.41) is 0.702. The van der Waals surface area contributed by atoms with E-state index >= 15 is 0 Å². The highest BCUT2D eigenvalue weighted by molar-refractivity contribution is 6.32. The number of benzene rings is 2. The highest BCUT2D eigenvalue weighted by atomic mass is 35.5. The third-order valence-corrected chi connectivity index (χ3v) is 3.75.